The van der Waals surface area contributed by atoms with E-state index in [-0.39, 0.29) is 40.8 Å². The van der Waals surface area contributed by atoms with Crippen LogP contribution in [0.3, 0.4) is 0 Å². The van der Waals surface area contributed by atoms with Gasteiger partial charge in [0.2, 0.25) is 6.79 Å². The zero-order chi connectivity index (χ0) is 29.6. The van der Waals surface area contributed by atoms with Gasteiger partial charge in [-0.25, -0.2) is 10.2 Å². The normalized spacial score (nSPS) is 11.6. The Morgan fingerprint density at radius 3 is 2.26 bits per heavy atom. The van der Waals surface area contributed by atoms with E-state index in [1.54, 1.807) is 42.5 Å². The summed E-state index contributed by atoms with van der Waals surface area (Å²) in [4.78, 5) is 48.4. The second-order valence-corrected chi connectivity index (χ2v) is 9.11. The van der Waals surface area contributed by atoms with Crippen LogP contribution in [0.15, 0.2) is 90.0 Å². The standard InChI is InChI=1S/C29H19ClN4O8/c30-21-6-1-17(2-7-21)27(35)32-22-8-3-18(4-9-22)28(36)33-31-15-20-13-23(34(38)39)10-12-24(20)42-29(37)19-5-11-25-26(14-19)41-16-40-25/h1-15H,16H2,(H,32,35)(H,33,36)/b31-15+. The number of hydrazone groups is 1. The van der Waals surface area contributed by atoms with E-state index >= 15 is 0 Å². The molecule has 0 bridgehead atoms. The van der Waals surface area contributed by atoms with Crippen LogP contribution in [-0.2, 0) is 0 Å². The van der Waals surface area contributed by atoms with Crippen molar-refractivity contribution in [3.8, 4) is 17.2 Å². The number of nitrogens with one attached hydrogen (secondary N) is 2. The number of non-ortho nitro benzene ring substituents is 1. The minimum atomic E-state index is -0.746. The van der Waals surface area contributed by atoms with E-state index < -0.39 is 16.8 Å². The second-order valence-electron chi connectivity index (χ2n) is 8.67. The van der Waals surface area contributed by atoms with E-state index in [4.69, 9.17) is 25.8 Å². The maximum Gasteiger partial charge on any atom is 0.343 e. The molecule has 4 aromatic carbocycles. The largest absolute Gasteiger partial charge is 0.454 e. The maximum atomic E-state index is 12.7. The van der Waals surface area contributed by atoms with Gasteiger partial charge in [-0.15, -0.1) is 0 Å². The summed E-state index contributed by atoms with van der Waals surface area (Å²) in [6, 6.07) is 20.5. The summed E-state index contributed by atoms with van der Waals surface area (Å²) in [6.45, 7) is 0.0353. The van der Waals surface area contributed by atoms with Gasteiger partial charge in [0.1, 0.15) is 5.75 Å². The first-order valence-electron chi connectivity index (χ1n) is 12.2. The van der Waals surface area contributed by atoms with Crippen LogP contribution in [0.5, 0.6) is 17.2 Å². The molecule has 1 aliphatic rings. The van der Waals surface area contributed by atoms with E-state index in [1.807, 2.05) is 0 Å². The lowest BCUT2D eigenvalue weighted by Gasteiger charge is -2.08. The van der Waals surface area contributed by atoms with Crippen LogP contribution in [0.2, 0.25) is 5.02 Å². The monoisotopic (exact) mass is 586 g/mol. The molecule has 2 amide bonds. The minimum Gasteiger partial charge on any atom is -0.454 e. The molecule has 0 radical (unpaired) electrons. The Kier molecular flexibility index (Phi) is 8.07. The fourth-order valence-electron chi connectivity index (χ4n) is 3.76. The van der Waals surface area contributed by atoms with Crippen LogP contribution in [0.25, 0.3) is 0 Å². The number of hydrogen-bond donors (Lipinski definition) is 2. The molecule has 1 heterocycles. The highest BCUT2D eigenvalue weighted by Gasteiger charge is 2.19. The fourth-order valence-corrected chi connectivity index (χ4v) is 3.89. The minimum absolute atomic E-state index is 0.0259. The molecule has 2 N–H and O–H groups in total. The van der Waals surface area contributed by atoms with Gasteiger partial charge in [0.15, 0.2) is 11.5 Å². The van der Waals surface area contributed by atoms with Gasteiger partial charge in [-0.3, -0.25) is 19.7 Å². The molecule has 0 atom stereocenters. The van der Waals surface area contributed by atoms with E-state index in [0.717, 1.165) is 12.3 Å². The molecular formula is C29H19ClN4O8. The van der Waals surface area contributed by atoms with Crippen LogP contribution in [0.4, 0.5) is 11.4 Å². The van der Waals surface area contributed by atoms with Crippen molar-refractivity contribution in [3.63, 3.8) is 0 Å². The zero-order valence-electron chi connectivity index (χ0n) is 21.4. The Morgan fingerprint density at radius 1 is 0.857 bits per heavy atom. The number of nitro groups is 1. The molecule has 0 unspecified atom stereocenters. The van der Waals surface area contributed by atoms with Gasteiger partial charge < -0.3 is 19.5 Å². The molecule has 0 fully saturated rings. The predicted octanol–water partition coefficient (Wildman–Crippen LogP) is 5.21. The van der Waals surface area contributed by atoms with Crippen LogP contribution < -0.4 is 25.0 Å². The molecule has 13 heteroatoms. The van der Waals surface area contributed by atoms with E-state index in [9.17, 15) is 24.5 Å². The van der Waals surface area contributed by atoms with Gasteiger partial charge in [-0.1, -0.05) is 11.6 Å². The van der Waals surface area contributed by atoms with Gasteiger partial charge in [-0.05, 0) is 72.8 Å². The smallest absolute Gasteiger partial charge is 0.343 e. The van der Waals surface area contributed by atoms with Crippen molar-refractivity contribution in [2.24, 2.45) is 5.10 Å². The predicted molar refractivity (Wildman–Crippen MR) is 152 cm³/mol. The summed E-state index contributed by atoms with van der Waals surface area (Å²) in [7, 11) is 0. The average Bonchev–Trinajstić information content (AvgIpc) is 3.46. The molecule has 1 aliphatic heterocycles. The van der Waals surface area contributed by atoms with Crippen molar-refractivity contribution in [2.45, 2.75) is 0 Å². The highest BCUT2D eigenvalue weighted by Crippen LogP contribution is 2.33. The second kappa shape index (κ2) is 12.2. The number of carbonyl (C=O) groups excluding carboxylic acids is 3. The summed E-state index contributed by atoms with van der Waals surface area (Å²) < 4.78 is 16.0. The maximum absolute atomic E-state index is 12.7. The third kappa shape index (κ3) is 6.51. The van der Waals surface area contributed by atoms with Crippen molar-refractivity contribution in [3.05, 3.63) is 122 Å². The summed E-state index contributed by atoms with van der Waals surface area (Å²) in [5, 5.41) is 18.4. The average molecular weight is 587 g/mol. The molecule has 0 aromatic heterocycles. The number of ether oxygens (including phenoxy) is 3. The summed E-state index contributed by atoms with van der Waals surface area (Å²) in [6.07, 6.45) is 1.12. The number of carbonyl (C=O) groups is 3. The van der Waals surface area contributed by atoms with Gasteiger partial charge in [0, 0.05) is 39.5 Å². The van der Waals surface area contributed by atoms with Gasteiger partial charge in [-0.2, -0.15) is 5.10 Å². The van der Waals surface area contributed by atoms with Crippen molar-refractivity contribution < 1.29 is 33.5 Å². The van der Waals surface area contributed by atoms with Crippen LogP contribution in [0.1, 0.15) is 36.6 Å². The zero-order valence-corrected chi connectivity index (χ0v) is 22.2. The van der Waals surface area contributed by atoms with Crippen molar-refractivity contribution >= 4 is 47.0 Å². The SMILES string of the molecule is O=C(N/N=C/c1cc([N+](=O)[O-])ccc1OC(=O)c1ccc2c(c1)OCO2)c1ccc(NC(=O)c2ccc(Cl)cc2)cc1. The van der Waals surface area contributed by atoms with Crippen molar-refractivity contribution in [1.82, 2.24) is 5.43 Å². The number of amides is 2. The fraction of sp³-hybridized carbons (Fsp3) is 0.0345. The molecular weight excluding hydrogens is 568 g/mol. The topological polar surface area (TPSA) is 158 Å². The van der Waals surface area contributed by atoms with E-state index in [0.29, 0.717) is 27.8 Å². The highest BCUT2D eigenvalue weighted by molar-refractivity contribution is 6.30. The third-order valence-electron chi connectivity index (χ3n) is 5.90. The Balaban J connectivity index is 1.25. The number of fused-ring (bicyclic) bond motifs is 1. The number of nitro benzene ring substituents is 1. The lowest BCUT2D eigenvalue weighted by molar-refractivity contribution is -0.384. The molecule has 210 valence electrons. The molecule has 4 aromatic rings. The van der Waals surface area contributed by atoms with Gasteiger partial charge >= 0.3 is 5.97 Å². The molecule has 42 heavy (non-hydrogen) atoms. The summed E-state index contributed by atoms with van der Waals surface area (Å²) >= 11 is 5.85. The molecule has 0 spiro atoms. The Morgan fingerprint density at radius 2 is 1.52 bits per heavy atom. The third-order valence-corrected chi connectivity index (χ3v) is 6.15. The van der Waals surface area contributed by atoms with Crippen LogP contribution >= 0.6 is 11.6 Å². The van der Waals surface area contributed by atoms with E-state index in [1.165, 1.54) is 36.4 Å². The lowest BCUT2D eigenvalue weighted by Crippen LogP contribution is -2.18. The summed E-state index contributed by atoms with van der Waals surface area (Å²) in [5.41, 5.74) is 3.38. The Bertz CT molecular complexity index is 1720. The lowest BCUT2D eigenvalue weighted by atomic mass is 10.1. The molecule has 0 aliphatic carbocycles. The number of benzene rings is 4. The molecule has 0 saturated heterocycles. The molecule has 0 saturated carbocycles. The van der Waals surface area contributed by atoms with Crippen LogP contribution in [0, 0.1) is 10.1 Å². The first-order chi connectivity index (χ1) is 20.3. The van der Waals surface area contributed by atoms with Crippen LogP contribution in [-0.4, -0.2) is 35.7 Å². The summed E-state index contributed by atoms with van der Waals surface area (Å²) in [5.74, 6) is -0.838. The Labute approximate surface area is 242 Å². The number of esters is 1. The van der Waals surface area contributed by atoms with Crippen molar-refractivity contribution in [2.75, 3.05) is 12.1 Å². The number of anilines is 1. The Hall–Kier alpha value is -5.75. The number of nitrogens with zero attached hydrogens (tertiary/aromatic N) is 2. The quantitative estimate of drug-likeness (QED) is 0.0935. The first-order valence-corrected chi connectivity index (χ1v) is 12.6. The van der Waals surface area contributed by atoms with Gasteiger partial charge in [0.25, 0.3) is 17.5 Å². The van der Waals surface area contributed by atoms with E-state index in [2.05, 4.69) is 15.8 Å². The van der Waals surface area contributed by atoms with Crippen molar-refractivity contribution in [1.29, 1.82) is 0 Å². The molecule has 12 nitrogen and oxygen atoms in total. The molecule has 5 rings (SSSR count). The highest BCUT2D eigenvalue weighted by atomic mass is 35.5. The number of halogens is 1. The number of rotatable bonds is 8. The first kappa shape index (κ1) is 27.8. The van der Waals surface area contributed by atoms with Gasteiger partial charge in [0.05, 0.1) is 16.7 Å². The number of hydrogen-bond acceptors (Lipinski definition) is 9.